The first kappa shape index (κ1) is 16.0. The average molecular weight is 346 g/mol. The second-order valence-corrected chi connectivity index (χ2v) is 7.17. The summed E-state index contributed by atoms with van der Waals surface area (Å²) in [7, 11) is -5.74. The summed E-state index contributed by atoms with van der Waals surface area (Å²) in [5.41, 5.74) is 1.47. The monoisotopic (exact) mass is 346 g/mol. The minimum absolute atomic E-state index is 0.339. The standard InChI is InChI=1S/C14H13F3N2O3S/c1-8-2-3-10-11(13(18)4-5-13)6-9(7-12(10)19-8)22-23(20,21)14(15,16)17/h2-3,6-7H,4-5,18H2,1H3. The Morgan fingerprint density at radius 2 is 1.91 bits per heavy atom. The van der Waals surface area contributed by atoms with Gasteiger partial charge in [0.05, 0.1) is 5.52 Å². The van der Waals surface area contributed by atoms with Gasteiger partial charge in [0.2, 0.25) is 0 Å². The zero-order valence-corrected chi connectivity index (χ0v) is 12.8. The van der Waals surface area contributed by atoms with Gasteiger partial charge >= 0.3 is 15.6 Å². The van der Waals surface area contributed by atoms with Crippen molar-refractivity contribution < 1.29 is 25.8 Å². The Labute approximate surface area is 130 Å². The third-order valence-corrected chi connectivity index (χ3v) is 4.71. The third-order valence-electron chi connectivity index (χ3n) is 3.73. The topological polar surface area (TPSA) is 82.3 Å². The molecule has 1 saturated carbocycles. The smallest absolute Gasteiger partial charge is 0.376 e. The van der Waals surface area contributed by atoms with Crippen LogP contribution in [0.4, 0.5) is 13.2 Å². The molecule has 0 bridgehead atoms. The molecule has 1 aliphatic carbocycles. The first-order chi connectivity index (χ1) is 10.5. The number of nitrogens with two attached hydrogens (primary N) is 1. The highest BCUT2D eigenvalue weighted by Gasteiger charge is 2.49. The minimum atomic E-state index is -5.74. The van der Waals surface area contributed by atoms with E-state index in [-0.39, 0.29) is 0 Å². The molecule has 9 heteroatoms. The maximum absolute atomic E-state index is 12.5. The van der Waals surface area contributed by atoms with Gasteiger partial charge in [-0.1, -0.05) is 6.07 Å². The lowest BCUT2D eigenvalue weighted by atomic mass is 9.99. The van der Waals surface area contributed by atoms with E-state index in [4.69, 9.17) is 5.73 Å². The van der Waals surface area contributed by atoms with Crippen molar-refractivity contribution in [1.82, 2.24) is 4.98 Å². The van der Waals surface area contributed by atoms with Crippen LogP contribution in [0.15, 0.2) is 24.3 Å². The molecule has 0 aliphatic heterocycles. The molecular weight excluding hydrogens is 333 g/mol. The molecule has 23 heavy (non-hydrogen) atoms. The van der Waals surface area contributed by atoms with E-state index in [0.717, 1.165) is 0 Å². The van der Waals surface area contributed by atoms with Crippen molar-refractivity contribution in [2.75, 3.05) is 0 Å². The van der Waals surface area contributed by atoms with E-state index in [0.29, 0.717) is 35.0 Å². The van der Waals surface area contributed by atoms with Crippen LogP contribution in [0.2, 0.25) is 0 Å². The summed E-state index contributed by atoms with van der Waals surface area (Å²) in [6.45, 7) is 1.72. The Bertz CT molecular complexity index is 890. The summed E-state index contributed by atoms with van der Waals surface area (Å²) >= 11 is 0. The van der Waals surface area contributed by atoms with Crippen molar-refractivity contribution in [3.8, 4) is 5.75 Å². The lowest BCUT2D eigenvalue weighted by Gasteiger charge is -2.16. The first-order valence-electron chi connectivity index (χ1n) is 6.73. The van der Waals surface area contributed by atoms with Gasteiger partial charge in [0.25, 0.3) is 0 Å². The van der Waals surface area contributed by atoms with Gasteiger partial charge in [-0.15, -0.1) is 0 Å². The van der Waals surface area contributed by atoms with Crippen LogP contribution in [-0.4, -0.2) is 18.9 Å². The Balaban J connectivity index is 2.16. The quantitative estimate of drug-likeness (QED) is 0.682. The van der Waals surface area contributed by atoms with Gasteiger partial charge in [0, 0.05) is 22.7 Å². The molecule has 0 amide bonds. The third kappa shape index (κ3) is 2.86. The van der Waals surface area contributed by atoms with Gasteiger partial charge in [-0.25, -0.2) is 0 Å². The summed E-state index contributed by atoms with van der Waals surface area (Å²) in [5, 5.41) is 0.673. The second kappa shape index (κ2) is 4.81. The normalized spacial score (nSPS) is 17.3. The van der Waals surface area contributed by atoms with E-state index in [1.165, 1.54) is 12.1 Å². The lowest BCUT2D eigenvalue weighted by molar-refractivity contribution is -0.0500. The van der Waals surface area contributed by atoms with E-state index >= 15 is 0 Å². The molecule has 2 N–H and O–H groups in total. The molecule has 0 radical (unpaired) electrons. The number of fused-ring (bicyclic) bond motifs is 1. The summed E-state index contributed by atoms with van der Waals surface area (Å²) in [4.78, 5) is 4.22. The van der Waals surface area contributed by atoms with Crippen LogP contribution in [0.1, 0.15) is 24.1 Å². The van der Waals surface area contributed by atoms with Gasteiger partial charge in [-0.05, 0) is 37.5 Å². The number of hydrogen-bond acceptors (Lipinski definition) is 5. The Morgan fingerprint density at radius 1 is 1.26 bits per heavy atom. The van der Waals surface area contributed by atoms with E-state index in [2.05, 4.69) is 9.17 Å². The number of benzene rings is 1. The Morgan fingerprint density at radius 3 is 2.48 bits per heavy atom. The van der Waals surface area contributed by atoms with Crippen molar-refractivity contribution in [3.63, 3.8) is 0 Å². The average Bonchev–Trinajstić information content (AvgIpc) is 3.14. The Hall–Kier alpha value is -1.87. The van der Waals surface area contributed by atoms with Crippen LogP contribution < -0.4 is 9.92 Å². The molecule has 0 unspecified atom stereocenters. The highest BCUT2D eigenvalue weighted by atomic mass is 32.2. The van der Waals surface area contributed by atoms with Crippen molar-refractivity contribution >= 4 is 21.0 Å². The summed E-state index contributed by atoms with van der Waals surface area (Å²) in [6.07, 6.45) is 1.32. The van der Waals surface area contributed by atoms with Gasteiger partial charge < -0.3 is 9.92 Å². The van der Waals surface area contributed by atoms with Gasteiger partial charge in [-0.3, -0.25) is 4.98 Å². The molecule has 1 aromatic heterocycles. The predicted molar refractivity (Wildman–Crippen MR) is 77.2 cm³/mol. The van der Waals surface area contributed by atoms with Crippen LogP contribution in [0.5, 0.6) is 5.75 Å². The molecule has 3 rings (SSSR count). The molecule has 0 atom stereocenters. The van der Waals surface area contributed by atoms with Gasteiger partial charge in [0.15, 0.2) is 0 Å². The van der Waals surface area contributed by atoms with Crippen LogP contribution >= 0.6 is 0 Å². The van der Waals surface area contributed by atoms with Crippen molar-refractivity contribution in [3.05, 3.63) is 35.5 Å². The molecule has 1 aliphatic rings. The molecule has 1 fully saturated rings. The second-order valence-electron chi connectivity index (χ2n) is 5.63. The number of aromatic nitrogens is 1. The molecule has 2 aromatic rings. The summed E-state index contributed by atoms with van der Waals surface area (Å²) < 4.78 is 64.1. The highest BCUT2D eigenvalue weighted by molar-refractivity contribution is 7.88. The molecule has 0 spiro atoms. The molecule has 1 heterocycles. The van der Waals surface area contributed by atoms with E-state index < -0.39 is 26.9 Å². The SMILES string of the molecule is Cc1ccc2c(C3(N)CC3)cc(OS(=O)(=O)C(F)(F)F)cc2n1. The van der Waals surface area contributed by atoms with Crippen molar-refractivity contribution in [1.29, 1.82) is 0 Å². The maximum atomic E-state index is 12.5. The van der Waals surface area contributed by atoms with Crippen LogP contribution in [0.25, 0.3) is 10.9 Å². The summed E-state index contributed by atoms with van der Waals surface area (Å²) in [5.74, 6) is -0.445. The fraction of sp³-hybridized carbons (Fsp3) is 0.357. The first-order valence-corrected chi connectivity index (χ1v) is 8.14. The van der Waals surface area contributed by atoms with Crippen LogP contribution in [-0.2, 0) is 15.7 Å². The van der Waals surface area contributed by atoms with E-state index in [1.54, 1.807) is 19.1 Å². The largest absolute Gasteiger partial charge is 0.534 e. The molecule has 1 aromatic carbocycles. The number of aryl methyl sites for hydroxylation is 1. The van der Waals surface area contributed by atoms with E-state index in [9.17, 15) is 21.6 Å². The number of rotatable bonds is 3. The zero-order valence-electron chi connectivity index (χ0n) is 12.0. The number of pyridine rings is 1. The van der Waals surface area contributed by atoms with Crippen LogP contribution in [0.3, 0.4) is 0 Å². The van der Waals surface area contributed by atoms with Crippen LogP contribution in [0, 0.1) is 6.92 Å². The fourth-order valence-corrected chi connectivity index (χ4v) is 2.79. The maximum Gasteiger partial charge on any atom is 0.534 e. The molecule has 5 nitrogen and oxygen atoms in total. The number of hydrogen-bond donors (Lipinski definition) is 1. The number of nitrogens with zero attached hydrogens (tertiary/aromatic N) is 1. The lowest BCUT2D eigenvalue weighted by Crippen LogP contribution is -2.28. The molecule has 124 valence electrons. The molecule has 0 saturated heterocycles. The Kier molecular flexibility index (Phi) is 3.35. The van der Waals surface area contributed by atoms with E-state index in [1.807, 2.05) is 0 Å². The zero-order chi connectivity index (χ0) is 17.0. The molecular formula is C14H13F3N2O3S. The highest BCUT2D eigenvalue weighted by Crippen LogP contribution is 2.46. The van der Waals surface area contributed by atoms with Crippen molar-refractivity contribution in [2.24, 2.45) is 5.73 Å². The number of halogens is 3. The summed E-state index contributed by atoms with van der Waals surface area (Å²) in [6, 6.07) is 5.93. The van der Waals surface area contributed by atoms with Gasteiger partial charge in [-0.2, -0.15) is 21.6 Å². The fourth-order valence-electron chi connectivity index (χ4n) is 2.35. The predicted octanol–water partition coefficient (Wildman–Crippen LogP) is 2.72. The number of alkyl halides is 3. The van der Waals surface area contributed by atoms with Crippen molar-refractivity contribution in [2.45, 2.75) is 30.8 Å². The van der Waals surface area contributed by atoms with Gasteiger partial charge in [0.1, 0.15) is 5.75 Å². The minimum Gasteiger partial charge on any atom is -0.376 e.